The molecule has 2 rings (SSSR count). The van der Waals surface area contributed by atoms with E-state index in [4.69, 9.17) is 0 Å². The van der Waals surface area contributed by atoms with Gasteiger partial charge < -0.3 is 5.32 Å². The molecule has 1 saturated heterocycles. The van der Waals surface area contributed by atoms with E-state index in [9.17, 15) is 13.2 Å². The van der Waals surface area contributed by atoms with Crippen LogP contribution in [0.25, 0.3) is 0 Å². The molecule has 0 aromatic heterocycles. The minimum atomic E-state index is -3.98. The maximum absolute atomic E-state index is 12.5. The predicted octanol–water partition coefficient (Wildman–Crippen LogP) is 3.59. The lowest BCUT2D eigenvalue weighted by Crippen LogP contribution is -2.42. The first-order chi connectivity index (χ1) is 7.95. The highest BCUT2D eigenvalue weighted by molar-refractivity contribution is 8.00. The van der Waals surface area contributed by atoms with Crippen molar-refractivity contribution >= 4 is 11.8 Å². The monoisotopic (exact) mass is 267 g/mol. The van der Waals surface area contributed by atoms with Crippen LogP contribution in [0, 0.1) is 5.92 Å². The van der Waals surface area contributed by atoms with Crippen LogP contribution >= 0.6 is 11.8 Å². The molecule has 100 valence electrons. The number of thioether (sulfide) groups is 1. The highest BCUT2D eigenvalue weighted by Gasteiger charge is 2.41. The Morgan fingerprint density at radius 1 is 1.06 bits per heavy atom. The summed E-state index contributed by atoms with van der Waals surface area (Å²) in [7, 11) is 0. The van der Waals surface area contributed by atoms with Crippen molar-refractivity contribution in [1.29, 1.82) is 0 Å². The van der Waals surface area contributed by atoms with Crippen LogP contribution in [0.1, 0.15) is 39.0 Å². The van der Waals surface area contributed by atoms with E-state index in [2.05, 4.69) is 12.2 Å². The van der Waals surface area contributed by atoms with Gasteiger partial charge in [-0.25, -0.2) is 0 Å². The van der Waals surface area contributed by atoms with E-state index in [0.717, 1.165) is 12.2 Å². The summed E-state index contributed by atoms with van der Waals surface area (Å²) in [6.07, 6.45) is -0.862. The number of alkyl halides is 3. The predicted molar refractivity (Wildman–Crippen MR) is 65.3 cm³/mol. The van der Waals surface area contributed by atoms with E-state index in [-0.39, 0.29) is 0 Å². The van der Waals surface area contributed by atoms with E-state index in [1.807, 2.05) is 11.8 Å². The molecule has 2 unspecified atom stereocenters. The van der Waals surface area contributed by atoms with Gasteiger partial charge >= 0.3 is 6.18 Å². The van der Waals surface area contributed by atoms with Gasteiger partial charge in [0.05, 0.1) is 5.92 Å². The van der Waals surface area contributed by atoms with Crippen LogP contribution in [-0.2, 0) is 0 Å². The fraction of sp³-hybridized carbons (Fsp3) is 1.00. The molecule has 1 N–H and O–H groups in total. The topological polar surface area (TPSA) is 12.0 Å². The molecule has 1 aliphatic heterocycles. The molecule has 2 fully saturated rings. The molecule has 1 heterocycles. The highest BCUT2D eigenvalue weighted by atomic mass is 32.2. The van der Waals surface area contributed by atoms with Gasteiger partial charge in [0.25, 0.3) is 0 Å². The van der Waals surface area contributed by atoms with Crippen molar-refractivity contribution in [1.82, 2.24) is 5.32 Å². The molecule has 1 aliphatic carbocycles. The Morgan fingerprint density at radius 3 is 2.18 bits per heavy atom. The third-order valence-electron chi connectivity index (χ3n) is 3.86. The van der Waals surface area contributed by atoms with Gasteiger partial charge in [0.1, 0.15) is 0 Å². The van der Waals surface area contributed by atoms with Gasteiger partial charge in [-0.3, -0.25) is 0 Å². The Bertz CT molecular complexity index is 249. The summed E-state index contributed by atoms with van der Waals surface area (Å²) in [4.78, 5) is 0. The standard InChI is InChI=1S/C12H20F3NS/c1-8-6-11(7-17-8)16-10-4-2-9(3-5-10)12(13,14)15/h8-11,16H,2-7H2,1H3. The van der Waals surface area contributed by atoms with Gasteiger partial charge in [-0.1, -0.05) is 6.92 Å². The van der Waals surface area contributed by atoms with Crippen molar-refractivity contribution in [2.45, 2.75) is 62.5 Å². The largest absolute Gasteiger partial charge is 0.391 e. The third kappa shape index (κ3) is 3.78. The Morgan fingerprint density at radius 2 is 1.71 bits per heavy atom. The van der Waals surface area contributed by atoms with Crippen LogP contribution in [0.4, 0.5) is 13.2 Å². The Labute approximate surface area is 105 Å². The molecule has 17 heavy (non-hydrogen) atoms. The van der Waals surface area contributed by atoms with Crippen LogP contribution in [0.5, 0.6) is 0 Å². The summed E-state index contributed by atoms with van der Waals surface area (Å²) in [5, 5.41) is 4.23. The van der Waals surface area contributed by atoms with Gasteiger partial charge in [-0.2, -0.15) is 24.9 Å². The molecule has 0 aromatic rings. The normalized spacial score (nSPS) is 39.5. The maximum Gasteiger partial charge on any atom is 0.391 e. The summed E-state index contributed by atoms with van der Waals surface area (Å²) >= 11 is 1.96. The van der Waals surface area contributed by atoms with Crippen LogP contribution in [0.15, 0.2) is 0 Å². The van der Waals surface area contributed by atoms with Crippen molar-refractivity contribution < 1.29 is 13.2 Å². The zero-order chi connectivity index (χ0) is 12.5. The SMILES string of the molecule is CC1CC(NC2CCC(C(F)(F)F)CC2)CS1. The zero-order valence-electron chi connectivity index (χ0n) is 10.1. The van der Waals surface area contributed by atoms with Gasteiger partial charge in [-0.05, 0) is 32.1 Å². The second-order valence-corrected chi connectivity index (χ2v) is 6.80. The number of halogens is 3. The lowest BCUT2D eigenvalue weighted by atomic mass is 9.85. The smallest absolute Gasteiger partial charge is 0.310 e. The Hall–Kier alpha value is 0.100. The Kier molecular flexibility index (Phi) is 4.29. The molecular formula is C12H20F3NS. The quantitative estimate of drug-likeness (QED) is 0.820. The van der Waals surface area contributed by atoms with Crippen LogP contribution in [0.2, 0.25) is 0 Å². The molecule has 0 spiro atoms. The Balaban J connectivity index is 1.72. The number of hydrogen-bond donors (Lipinski definition) is 1. The molecule has 1 saturated carbocycles. The van der Waals surface area contributed by atoms with Crippen molar-refractivity contribution in [3.05, 3.63) is 0 Å². The average molecular weight is 267 g/mol. The van der Waals surface area contributed by atoms with Crippen molar-refractivity contribution in [2.75, 3.05) is 5.75 Å². The lowest BCUT2D eigenvalue weighted by molar-refractivity contribution is -0.182. The van der Waals surface area contributed by atoms with E-state index in [1.54, 1.807) is 0 Å². The first kappa shape index (κ1) is 13.5. The minimum Gasteiger partial charge on any atom is -0.310 e. The molecule has 5 heteroatoms. The number of rotatable bonds is 2. The first-order valence-electron chi connectivity index (χ1n) is 6.39. The van der Waals surface area contributed by atoms with Crippen LogP contribution < -0.4 is 5.32 Å². The van der Waals surface area contributed by atoms with E-state index < -0.39 is 12.1 Å². The van der Waals surface area contributed by atoms with E-state index in [1.165, 1.54) is 0 Å². The minimum absolute atomic E-state index is 0.302. The lowest BCUT2D eigenvalue weighted by Gasteiger charge is -2.32. The highest BCUT2D eigenvalue weighted by Crippen LogP contribution is 2.38. The van der Waals surface area contributed by atoms with Gasteiger partial charge in [0.15, 0.2) is 0 Å². The summed E-state index contributed by atoms with van der Waals surface area (Å²) in [6.45, 7) is 2.22. The first-order valence-corrected chi connectivity index (χ1v) is 7.44. The maximum atomic E-state index is 12.5. The summed E-state index contributed by atoms with van der Waals surface area (Å²) in [5.41, 5.74) is 0. The summed E-state index contributed by atoms with van der Waals surface area (Å²) in [6, 6.07) is 0.826. The van der Waals surface area contributed by atoms with Gasteiger partial charge in [0, 0.05) is 23.1 Å². The molecule has 2 aliphatic rings. The second-order valence-electron chi connectivity index (χ2n) is 5.33. The van der Waals surface area contributed by atoms with Crippen molar-refractivity contribution in [3.8, 4) is 0 Å². The molecule has 0 aromatic carbocycles. The molecule has 2 atom stereocenters. The van der Waals surface area contributed by atoms with Gasteiger partial charge in [-0.15, -0.1) is 0 Å². The summed E-state index contributed by atoms with van der Waals surface area (Å²) < 4.78 is 37.5. The summed E-state index contributed by atoms with van der Waals surface area (Å²) in [5.74, 6) is 0.0535. The number of hydrogen-bond acceptors (Lipinski definition) is 2. The molecular weight excluding hydrogens is 247 g/mol. The second kappa shape index (κ2) is 5.39. The third-order valence-corrected chi connectivity index (χ3v) is 5.22. The zero-order valence-corrected chi connectivity index (χ0v) is 10.9. The number of nitrogens with one attached hydrogen (secondary N) is 1. The van der Waals surface area contributed by atoms with Crippen molar-refractivity contribution in [2.24, 2.45) is 5.92 Å². The van der Waals surface area contributed by atoms with Crippen LogP contribution in [0.3, 0.4) is 0 Å². The molecule has 0 radical (unpaired) electrons. The van der Waals surface area contributed by atoms with Gasteiger partial charge in [0.2, 0.25) is 0 Å². The van der Waals surface area contributed by atoms with E-state index >= 15 is 0 Å². The molecule has 1 nitrogen and oxygen atoms in total. The van der Waals surface area contributed by atoms with Crippen LogP contribution in [-0.4, -0.2) is 29.3 Å². The average Bonchev–Trinajstić information content (AvgIpc) is 2.63. The van der Waals surface area contributed by atoms with E-state index in [0.29, 0.717) is 43.0 Å². The fourth-order valence-corrected chi connectivity index (χ4v) is 4.02. The molecule has 0 bridgehead atoms. The fourth-order valence-electron chi connectivity index (χ4n) is 2.85. The molecule has 0 amide bonds. The van der Waals surface area contributed by atoms with Crippen molar-refractivity contribution in [3.63, 3.8) is 0 Å².